The molecule has 1 aromatic carbocycles. The van der Waals surface area contributed by atoms with Crippen LogP contribution in [-0.4, -0.2) is 71.2 Å². The van der Waals surface area contributed by atoms with Gasteiger partial charge in [-0.15, -0.1) is 0 Å². The maximum Gasteiger partial charge on any atom is 0.407 e. The number of carbonyl (C=O) groups is 1. The predicted octanol–water partition coefficient (Wildman–Crippen LogP) is 1.95. The zero-order valence-corrected chi connectivity index (χ0v) is 13.0. The van der Waals surface area contributed by atoms with Crippen LogP contribution in [0.15, 0.2) is 30.3 Å². The van der Waals surface area contributed by atoms with Crippen molar-refractivity contribution < 1.29 is 9.90 Å². The molecule has 0 saturated carbocycles. The lowest BCUT2D eigenvalue weighted by Gasteiger charge is -2.42. The summed E-state index contributed by atoms with van der Waals surface area (Å²) in [4.78, 5) is 17.5. The Balaban J connectivity index is 1.52. The van der Waals surface area contributed by atoms with Gasteiger partial charge in [0.05, 0.1) is 0 Å². The van der Waals surface area contributed by atoms with Crippen molar-refractivity contribution in [2.45, 2.75) is 25.4 Å². The highest BCUT2D eigenvalue weighted by Gasteiger charge is 2.29. The monoisotopic (exact) mass is 303 g/mol. The van der Waals surface area contributed by atoms with Crippen molar-refractivity contribution >= 4 is 6.09 Å². The molecule has 0 spiro atoms. The van der Waals surface area contributed by atoms with Gasteiger partial charge in [-0.2, -0.15) is 0 Å². The average Bonchev–Trinajstić information content (AvgIpc) is 2.56. The molecule has 0 aliphatic carbocycles. The third-order valence-corrected chi connectivity index (χ3v) is 4.83. The van der Waals surface area contributed by atoms with Crippen LogP contribution >= 0.6 is 0 Å². The van der Waals surface area contributed by atoms with Gasteiger partial charge in [0, 0.05) is 45.3 Å². The molecule has 2 saturated heterocycles. The van der Waals surface area contributed by atoms with Crippen LogP contribution in [-0.2, 0) is 6.54 Å². The van der Waals surface area contributed by atoms with Gasteiger partial charge in [0.2, 0.25) is 0 Å². The number of carboxylic acid groups (broad SMARTS) is 1. The maximum absolute atomic E-state index is 11.0. The molecule has 2 fully saturated rings. The molecular formula is C17H25N3O2. The average molecular weight is 303 g/mol. The van der Waals surface area contributed by atoms with E-state index in [0.29, 0.717) is 19.1 Å². The first-order chi connectivity index (χ1) is 10.7. The molecule has 1 unspecified atom stereocenters. The number of piperazine rings is 1. The summed E-state index contributed by atoms with van der Waals surface area (Å²) in [5, 5.41) is 9.04. The molecule has 1 atom stereocenters. The third-order valence-electron chi connectivity index (χ3n) is 4.83. The number of likely N-dealkylation sites (tertiary alicyclic amines) is 1. The van der Waals surface area contributed by atoms with Crippen LogP contribution in [0.4, 0.5) is 4.79 Å². The molecule has 1 N–H and O–H groups in total. The molecule has 0 bridgehead atoms. The minimum absolute atomic E-state index is 0.577. The minimum atomic E-state index is -0.783. The molecule has 22 heavy (non-hydrogen) atoms. The van der Waals surface area contributed by atoms with E-state index in [1.165, 1.54) is 29.8 Å². The normalized spacial score (nSPS) is 24.4. The van der Waals surface area contributed by atoms with Crippen LogP contribution in [0.1, 0.15) is 18.4 Å². The number of nitrogens with zero attached hydrogens (tertiary/aromatic N) is 3. The number of rotatable bonds is 3. The third kappa shape index (κ3) is 3.78. The fraction of sp³-hybridized carbons (Fsp3) is 0.588. The number of hydrogen-bond donors (Lipinski definition) is 1. The van der Waals surface area contributed by atoms with E-state index in [0.717, 1.165) is 26.2 Å². The predicted molar refractivity (Wildman–Crippen MR) is 85.9 cm³/mol. The van der Waals surface area contributed by atoms with E-state index in [4.69, 9.17) is 5.11 Å². The van der Waals surface area contributed by atoms with Gasteiger partial charge in [-0.25, -0.2) is 4.79 Å². The quantitative estimate of drug-likeness (QED) is 0.927. The topological polar surface area (TPSA) is 47.0 Å². The van der Waals surface area contributed by atoms with E-state index in [9.17, 15) is 4.79 Å². The van der Waals surface area contributed by atoms with E-state index in [1.54, 1.807) is 0 Å². The van der Waals surface area contributed by atoms with E-state index in [1.807, 2.05) is 0 Å². The van der Waals surface area contributed by atoms with Gasteiger partial charge in [-0.3, -0.25) is 9.80 Å². The van der Waals surface area contributed by atoms with Gasteiger partial charge in [0.1, 0.15) is 0 Å². The minimum Gasteiger partial charge on any atom is -0.465 e. The Hall–Kier alpha value is -1.59. The molecular weight excluding hydrogens is 278 g/mol. The molecule has 1 amide bonds. The molecule has 2 aliphatic heterocycles. The van der Waals surface area contributed by atoms with Gasteiger partial charge in [0.15, 0.2) is 0 Å². The van der Waals surface area contributed by atoms with E-state index >= 15 is 0 Å². The van der Waals surface area contributed by atoms with Crippen molar-refractivity contribution in [2.75, 3.05) is 39.3 Å². The van der Waals surface area contributed by atoms with Crippen LogP contribution < -0.4 is 0 Å². The fourth-order valence-electron chi connectivity index (χ4n) is 3.59. The second-order valence-electron chi connectivity index (χ2n) is 6.32. The lowest BCUT2D eigenvalue weighted by molar-refractivity contribution is 0.0497. The maximum atomic E-state index is 11.0. The summed E-state index contributed by atoms with van der Waals surface area (Å²) in [6, 6.07) is 11.2. The van der Waals surface area contributed by atoms with E-state index < -0.39 is 6.09 Å². The van der Waals surface area contributed by atoms with Crippen LogP contribution in [0.3, 0.4) is 0 Å². The largest absolute Gasteiger partial charge is 0.465 e. The Bertz CT molecular complexity index is 486. The highest BCUT2D eigenvalue weighted by atomic mass is 16.4. The standard InChI is InChI=1S/C17H25N3O2/c21-17(22)20-11-9-19(10-12-20)16-7-4-8-18(14-16)13-15-5-2-1-3-6-15/h1-3,5-6,16H,4,7-14H2,(H,21,22). The Labute approximate surface area is 132 Å². The van der Waals surface area contributed by atoms with Crippen LogP contribution in [0.2, 0.25) is 0 Å². The lowest BCUT2D eigenvalue weighted by atomic mass is 10.0. The van der Waals surface area contributed by atoms with E-state index in [2.05, 4.69) is 40.1 Å². The van der Waals surface area contributed by atoms with Crippen molar-refractivity contribution in [3.63, 3.8) is 0 Å². The SMILES string of the molecule is O=C(O)N1CCN(C2CCCN(Cc3ccccc3)C2)CC1. The zero-order chi connectivity index (χ0) is 15.4. The van der Waals surface area contributed by atoms with E-state index in [-0.39, 0.29) is 0 Å². The Morgan fingerprint density at radius 1 is 1.09 bits per heavy atom. The van der Waals surface area contributed by atoms with Crippen molar-refractivity contribution in [2.24, 2.45) is 0 Å². The smallest absolute Gasteiger partial charge is 0.407 e. The summed E-state index contributed by atoms with van der Waals surface area (Å²) in [5.74, 6) is 0. The molecule has 5 heteroatoms. The molecule has 0 aromatic heterocycles. The first-order valence-electron chi connectivity index (χ1n) is 8.20. The summed E-state index contributed by atoms with van der Waals surface area (Å²) in [7, 11) is 0. The lowest BCUT2D eigenvalue weighted by Crippen LogP contribution is -2.55. The molecule has 120 valence electrons. The molecule has 3 rings (SSSR count). The molecule has 2 heterocycles. The van der Waals surface area contributed by atoms with Gasteiger partial charge >= 0.3 is 6.09 Å². The molecule has 0 radical (unpaired) electrons. The summed E-state index contributed by atoms with van der Waals surface area (Å²) < 4.78 is 0. The Morgan fingerprint density at radius 2 is 1.82 bits per heavy atom. The van der Waals surface area contributed by atoms with Gasteiger partial charge in [0.25, 0.3) is 0 Å². The molecule has 1 aromatic rings. The highest BCUT2D eigenvalue weighted by Crippen LogP contribution is 2.19. The number of hydrogen-bond acceptors (Lipinski definition) is 3. The van der Waals surface area contributed by atoms with Gasteiger partial charge in [-0.05, 0) is 24.9 Å². The number of amides is 1. The summed E-state index contributed by atoms with van der Waals surface area (Å²) in [6.45, 7) is 6.32. The first-order valence-corrected chi connectivity index (χ1v) is 8.20. The zero-order valence-electron chi connectivity index (χ0n) is 13.0. The fourth-order valence-corrected chi connectivity index (χ4v) is 3.59. The highest BCUT2D eigenvalue weighted by molar-refractivity contribution is 5.65. The summed E-state index contributed by atoms with van der Waals surface area (Å²) in [6.07, 6.45) is 1.68. The Morgan fingerprint density at radius 3 is 2.50 bits per heavy atom. The van der Waals surface area contributed by atoms with Crippen molar-refractivity contribution in [3.8, 4) is 0 Å². The Kier molecular flexibility index (Phi) is 4.95. The summed E-state index contributed by atoms with van der Waals surface area (Å²) in [5.41, 5.74) is 1.37. The number of piperidine rings is 1. The van der Waals surface area contributed by atoms with Gasteiger partial charge < -0.3 is 10.0 Å². The van der Waals surface area contributed by atoms with Crippen molar-refractivity contribution in [3.05, 3.63) is 35.9 Å². The van der Waals surface area contributed by atoms with Gasteiger partial charge in [-0.1, -0.05) is 30.3 Å². The van der Waals surface area contributed by atoms with Crippen LogP contribution in [0, 0.1) is 0 Å². The van der Waals surface area contributed by atoms with Crippen LogP contribution in [0.25, 0.3) is 0 Å². The van der Waals surface area contributed by atoms with Crippen LogP contribution in [0.5, 0.6) is 0 Å². The number of benzene rings is 1. The second-order valence-corrected chi connectivity index (χ2v) is 6.32. The van der Waals surface area contributed by atoms with Crippen molar-refractivity contribution in [1.29, 1.82) is 0 Å². The first kappa shape index (κ1) is 15.3. The molecule has 5 nitrogen and oxygen atoms in total. The molecule has 2 aliphatic rings. The second kappa shape index (κ2) is 7.11. The van der Waals surface area contributed by atoms with Crippen molar-refractivity contribution in [1.82, 2.24) is 14.7 Å². The summed E-state index contributed by atoms with van der Waals surface area (Å²) >= 11 is 0.